The average molecular weight is 1530 g/mol. The lowest BCUT2D eigenvalue weighted by atomic mass is 9.33. The lowest BCUT2D eigenvalue weighted by Crippen LogP contribution is -2.61. The van der Waals surface area contributed by atoms with Crippen LogP contribution in [0.1, 0.15) is 79.0 Å². The van der Waals surface area contributed by atoms with Crippen LogP contribution in [0.25, 0.3) is 155 Å². The third kappa shape index (κ3) is 12.4. The van der Waals surface area contributed by atoms with Gasteiger partial charge in [0.05, 0.1) is 11.4 Å². The maximum absolute atomic E-state index is 7.13. The molecule has 2 aliphatic rings. The van der Waals surface area contributed by atoms with Gasteiger partial charge < -0.3 is 18.6 Å². The highest BCUT2D eigenvalue weighted by atomic mass is 16.3. The van der Waals surface area contributed by atoms with E-state index in [9.17, 15) is 0 Å². The Morgan fingerprint density at radius 1 is 0.210 bits per heavy atom. The molecule has 4 heterocycles. The summed E-state index contributed by atoms with van der Waals surface area (Å²) < 4.78 is 14.3. The smallest absolute Gasteiger partial charge is 0.252 e. The Hall–Kier alpha value is -14.0. The number of hydrogen-bond acceptors (Lipinski definition) is 4. The van der Waals surface area contributed by atoms with E-state index >= 15 is 0 Å². The van der Waals surface area contributed by atoms with Crippen molar-refractivity contribution in [2.45, 2.75) is 78.6 Å². The van der Waals surface area contributed by atoms with Crippen LogP contribution in [-0.4, -0.2) is 6.71 Å². The van der Waals surface area contributed by atoms with Gasteiger partial charge in [-0.1, -0.05) is 378 Å². The second-order valence-corrected chi connectivity index (χ2v) is 35.4. The summed E-state index contributed by atoms with van der Waals surface area (Å²) in [5.74, 6) is 0. The topological polar surface area (TPSA) is 32.8 Å². The van der Waals surface area contributed by atoms with E-state index < -0.39 is 12.1 Å². The lowest BCUT2D eigenvalue weighted by Gasteiger charge is -2.47. The zero-order chi connectivity index (χ0) is 80.6. The van der Waals surface area contributed by atoms with Crippen molar-refractivity contribution in [2.75, 3.05) is 9.80 Å². The first-order valence-electron chi connectivity index (χ1n) is 41.8. The van der Waals surface area contributed by atoms with Crippen molar-refractivity contribution < 1.29 is 8.83 Å². The lowest BCUT2D eigenvalue weighted by molar-refractivity contribution is 0.590. The molecule has 0 N–H and O–H groups in total. The number of anilines is 6. The van der Waals surface area contributed by atoms with Gasteiger partial charge in [0.2, 0.25) is 0 Å². The van der Waals surface area contributed by atoms with Crippen LogP contribution < -0.4 is 26.2 Å². The Balaban J connectivity index is 0.974. The summed E-state index contributed by atoms with van der Waals surface area (Å²) in [5, 5.41) is 4.34. The molecule has 21 rings (SSSR count). The Bertz CT molecular complexity index is 6600. The molecule has 0 atom stereocenters. The number of hydrogen-bond donors (Lipinski definition) is 0. The summed E-state index contributed by atoms with van der Waals surface area (Å²) in [6.07, 6.45) is 0. The molecule has 0 fully saturated rings. The largest absolute Gasteiger partial charge is 0.455 e. The predicted molar refractivity (Wildman–Crippen MR) is 505 cm³/mol. The van der Waals surface area contributed by atoms with E-state index in [-0.39, 0.29) is 10.8 Å². The van der Waals surface area contributed by atoms with E-state index in [2.05, 4.69) is 448 Å². The van der Waals surface area contributed by atoms with Crippen molar-refractivity contribution >= 4 is 101 Å². The molecular formula is C114H89BN2O2. The summed E-state index contributed by atoms with van der Waals surface area (Å²) >= 11 is 0. The zero-order valence-electron chi connectivity index (χ0n) is 68.6. The van der Waals surface area contributed by atoms with Gasteiger partial charge in [-0.25, -0.2) is 0 Å². The SMILES string of the molecule is CC(C)(C)c1cc(-c2ccccc2-c2ccccc2)c(N2c3ccc(-c4cccc5c4oc4ccccc45)cc3B3c4cc(-c5cccc6c5oc5ccccc56)ccc4N(c4c(-c5ccccc5-c5ccccc5)cc(C(C)(C)C)cc4-c4ccccc4-c4ccccc4)c4cc(C(C)(C)C)cc2c43)c(-c2ccccc2-c2ccccc2)c1. The van der Waals surface area contributed by atoms with Crippen LogP contribution in [0.5, 0.6) is 0 Å². The quantitative estimate of drug-likeness (QED) is 0.114. The van der Waals surface area contributed by atoms with E-state index in [0.29, 0.717) is 0 Å². The fourth-order valence-electron chi connectivity index (χ4n) is 19.0. The molecule has 119 heavy (non-hydrogen) atoms. The average Bonchev–Trinajstić information content (AvgIpc) is 0.907. The Labute approximate surface area is 697 Å². The first kappa shape index (κ1) is 72.7. The molecule has 0 aliphatic carbocycles. The first-order chi connectivity index (χ1) is 58.0. The third-order valence-corrected chi connectivity index (χ3v) is 25.0. The van der Waals surface area contributed by atoms with Crippen molar-refractivity contribution in [3.05, 3.63) is 393 Å². The summed E-state index contributed by atoms with van der Waals surface area (Å²) in [6.45, 7) is 21.0. The molecule has 17 aromatic carbocycles. The summed E-state index contributed by atoms with van der Waals surface area (Å²) in [5.41, 5.74) is 38.4. The number of para-hydroxylation sites is 4. The highest BCUT2D eigenvalue weighted by Gasteiger charge is 2.47. The fraction of sp³-hybridized carbons (Fsp3) is 0.105. The molecule has 0 radical (unpaired) electrons. The van der Waals surface area contributed by atoms with Crippen molar-refractivity contribution in [3.63, 3.8) is 0 Å². The summed E-state index contributed by atoms with van der Waals surface area (Å²) in [4.78, 5) is 5.49. The van der Waals surface area contributed by atoms with Crippen molar-refractivity contribution in [2.24, 2.45) is 0 Å². The van der Waals surface area contributed by atoms with E-state index in [4.69, 9.17) is 8.83 Å². The fourth-order valence-corrected chi connectivity index (χ4v) is 19.0. The van der Waals surface area contributed by atoms with Crippen LogP contribution in [0, 0.1) is 0 Å². The zero-order valence-corrected chi connectivity index (χ0v) is 68.6. The van der Waals surface area contributed by atoms with Gasteiger partial charge in [0.1, 0.15) is 22.3 Å². The van der Waals surface area contributed by atoms with Gasteiger partial charge >= 0.3 is 0 Å². The summed E-state index contributed by atoms with van der Waals surface area (Å²) in [6, 6.07) is 141. The molecule has 2 aromatic heterocycles. The van der Waals surface area contributed by atoms with E-state index in [1.165, 1.54) is 22.2 Å². The van der Waals surface area contributed by atoms with Crippen molar-refractivity contribution in [1.29, 1.82) is 0 Å². The molecule has 570 valence electrons. The van der Waals surface area contributed by atoms with E-state index in [0.717, 1.165) is 200 Å². The number of benzene rings is 17. The molecule has 0 amide bonds. The molecule has 0 bridgehead atoms. The molecule has 2 aliphatic heterocycles. The Morgan fingerprint density at radius 3 is 0.798 bits per heavy atom. The van der Waals surface area contributed by atoms with Crippen LogP contribution in [0.4, 0.5) is 34.1 Å². The Kier molecular flexibility index (Phi) is 17.4. The molecule has 0 saturated heterocycles. The van der Waals surface area contributed by atoms with E-state index in [1.54, 1.807) is 0 Å². The van der Waals surface area contributed by atoms with Gasteiger partial charge in [0, 0.05) is 77.7 Å². The maximum Gasteiger partial charge on any atom is 0.252 e. The normalized spacial score (nSPS) is 12.7. The van der Waals surface area contributed by atoms with E-state index in [1.807, 2.05) is 0 Å². The predicted octanol–water partition coefficient (Wildman–Crippen LogP) is 30.1. The van der Waals surface area contributed by atoms with Crippen LogP contribution in [0.3, 0.4) is 0 Å². The van der Waals surface area contributed by atoms with Crippen LogP contribution in [-0.2, 0) is 16.2 Å². The van der Waals surface area contributed by atoms with Gasteiger partial charge in [0.15, 0.2) is 0 Å². The number of furan rings is 2. The maximum atomic E-state index is 7.13. The van der Waals surface area contributed by atoms with Crippen LogP contribution >= 0.6 is 0 Å². The number of fused-ring (bicyclic) bond motifs is 10. The molecule has 4 nitrogen and oxygen atoms in total. The third-order valence-electron chi connectivity index (χ3n) is 25.0. The monoisotopic (exact) mass is 1530 g/mol. The van der Waals surface area contributed by atoms with Crippen molar-refractivity contribution in [3.8, 4) is 111 Å². The highest BCUT2D eigenvalue weighted by Crippen LogP contribution is 2.58. The van der Waals surface area contributed by atoms with Crippen LogP contribution in [0.15, 0.2) is 385 Å². The van der Waals surface area contributed by atoms with Crippen molar-refractivity contribution in [1.82, 2.24) is 0 Å². The molecule has 0 unspecified atom stereocenters. The van der Waals surface area contributed by atoms with Gasteiger partial charge in [0.25, 0.3) is 6.71 Å². The molecule has 5 heteroatoms. The molecule has 19 aromatic rings. The van der Waals surface area contributed by atoms with Gasteiger partial charge in [-0.3, -0.25) is 0 Å². The van der Waals surface area contributed by atoms with Gasteiger partial charge in [-0.2, -0.15) is 0 Å². The van der Waals surface area contributed by atoms with Gasteiger partial charge in [-0.15, -0.1) is 0 Å². The second kappa shape index (κ2) is 28.4. The van der Waals surface area contributed by atoms with Gasteiger partial charge in [-0.05, 0) is 188 Å². The molecule has 0 saturated carbocycles. The number of nitrogens with zero attached hydrogens (tertiary/aromatic N) is 2. The summed E-state index contributed by atoms with van der Waals surface area (Å²) in [7, 11) is 0. The minimum absolute atomic E-state index is 0.307. The highest BCUT2D eigenvalue weighted by molar-refractivity contribution is 7.00. The molecular weight excluding hydrogens is 1440 g/mol. The standard InChI is InChI=1S/C114H89BN2O2/c1-112(2,3)78-66-95(87-48-26-22-44-81(87)72-36-14-10-15-37-72)108(96(67-78)88-49-27-23-45-82(88)73-38-16-11-17-39-73)116-101-62-60-76(85-54-34-56-93-91-52-30-32-58-105(91)118-110(85)93)64-99(101)115-100-65-77(86-55-35-57-94-92-53-31-33-59-106(92)119-111(86)94)61-63-102(100)117(104-71-80(114(7,8)9)70-103(116)107(104)115)109-97(89-50-28-24-46-83(89)74-40-18-12-19-41-74)68-79(113(4,5)6)69-98(109)90-51-29-25-47-84(90)75-42-20-13-21-43-75/h10-71H,1-9H3. The molecule has 0 spiro atoms. The second-order valence-electron chi connectivity index (χ2n) is 35.4. The minimum atomic E-state index is -0.410. The minimum Gasteiger partial charge on any atom is -0.455 e. The number of rotatable bonds is 12. The Morgan fingerprint density at radius 2 is 0.479 bits per heavy atom. The van der Waals surface area contributed by atoms with Crippen LogP contribution in [0.2, 0.25) is 0 Å². The first-order valence-corrected chi connectivity index (χ1v) is 41.8.